The Hall–Kier alpha value is -2.45. The number of piperazine rings is 1. The molecule has 36 heavy (non-hydrogen) atoms. The van der Waals surface area contributed by atoms with Crippen LogP contribution in [0.2, 0.25) is 0 Å². The van der Waals surface area contributed by atoms with Gasteiger partial charge < -0.3 is 15.1 Å². The quantitative estimate of drug-likeness (QED) is 0.626. The second-order valence-electron chi connectivity index (χ2n) is 10.5. The minimum absolute atomic E-state index is 0.00492. The minimum atomic E-state index is -0.231. The fourth-order valence-electron chi connectivity index (χ4n) is 6.06. The van der Waals surface area contributed by atoms with Crippen molar-refractivity contribution in [2.45, 2.75) is 70.0 Å². The molecule has 194 valence electrons. The molecule has 3 amide bonds. The minimum Gasteiger partial charge on any atom is -0.339 e. The van der Waals surface area contributed by atoms with Crippen LogP contribution in [0.3, 0.4) is 0 Å². The average molecular weight is 513 g/mol. The van der Waals surface area contributed by atoms with Crippen LogP contribution in [0.4, 0.5) is 9.18 Å². The topological polar surface area (TPSA) is 55.9 Å². The molecule has 1 N–H and O–H groups in total. The predicted octanol–water partition coefficient (Wildman–Crippen LogP) is 4.80. The maximum Gasteiger partial charge on any atom is 0.317 e. The van der Waals surface area contributed by atoms with E-state index in [1.165, 1.54) is 35.8 Å². The first-order valence-electron chi connectivity index (χ1n) is 13.4. The molecule has 3 aliphatic rings. The fraction of sp³-hybridized carbons (Fsp3) is 0.571. The average Bonchev–Trinajstić information content (AvgIpc) is 3.36. The molecule has 0 radical (unpaired) electrons. The van der Waals surface area contributed by atoms with Gasteiger partial charge in [-0.05, 0) is 60.9 Å². The third-order valence-corrected chi connectivity index (χ3v) is 9.01. The number of thiophene rings is 1. The maximum atomic E-state index is 14.1. The molecule has 1 aliphatic carbocycles. The van der Waals surface area contributed by atoms with Gasteiger partial charge in [0.15, 0.2) is 0 Å². The third-order valence-electron chi connectivity index (χ3n) is 8.02. The van der Waals surface area contributed by atoms with E-state index in [0.717, 1.165) is 31.4 Å². The van der Waals surface area contributed by atoms with Crippen molar-refractivity contribution in [2.75, 3.05) is 32.7 Å². The summed E-state index contributed by atoms with van der Waals surface area (Å²) in [5.74, 6) is -0.103. The third kappa shape index (κ3) is 5.59. The Morgan fingerprint density at radius 3 is 2.72 bits per heavy atom. The van der Waals surface area contributed by atoms with Crippen LogP contribution in [-0.2, 0) is 11.2 Å². The lowest BCUT2D eigenvalue weighted by atomic mass is 9.93. The Bertz CT molecular complexity index is 1070. The highest BCUT2D eigenvalue weighted by molar-refractivity contribution is 7.10. The summed E-state index contributed by atoms with van der Waals surface area (Å²) in [7, 11) is 0. The highest BCUT2D eigenvalue weighted by Gasteiger charge is 2.33. The molecule has 1 saturated heterocycles. The van der Waals surface area contributed by atoms with Crippen molar-refractivity contribution in [2.24, 2.45) is 0 Å². The van der Waals surface area contributed by atoms with Gasteiger partial charge in [-0.1, -0.05) is 31.4 Å². The zero-order valence-electron chi connectivity index (χ0n) is 21.1. The van der Waals surface area contributed by atoms with Crippen LogP contribution in [0.15, 0.2) is 35.7 Å². The number of nitrogens with one attached hydrogen (secondary N) is 1. The molecule has 0 spiro atoms. The summed E-state index contributed by atoms with van der Waals surface area (Å²) < 4.78 is 14.1. The number of carbonyl (C=O) groups is 2. The van der Waals surface area contributed by atoms with Gasteiger partial charge in [-0.2, -0.15) is 0 Å². The summed E-state index contributed by atoms with van der Waals surface area (Å²) in [6.07, 6.45) is 7.15. The molecule has 2 aromatic rings. The van der Waals surface area contributed by atoms with E-state index in [4.69, 9.17) is 0 Å². The normalized spacial score (nSPS) is 23.4. The number of benzene rings is 1. The predicted molar refractivity (Wildman–Crippen MR) is 141 cm³/mol. The monoisotopic (exact) mass is 512 g/mol. The van der Waals surface area contributed by atoms with Crippen LogP contribution < -0.4 is 5.32 Å². The number of amides is 3. The Morgan fingerprint density at radius 1 is 1.11 bits per heavy atom. The van der Waals surface area contributed by atoms with E-state index in [-0.39, 0.29) is 35.9 Å². The first-order chi connectivity index (χ1) is 17.5. The number of hydrogen-bond donors (Lipinski definition) is 1. The van der Waals surface area contributed by atoms with Gasteiger partial charge in [-0.25, -0.2) is 9.18 Å². The standard InChI is InChI=1S/C28H37FN4O2S/c1-20-19-32(15-16-33(20)28(35)30-23-8-3-2-4-9-23)26(34)11-14-31-13-10-25-24(12-17-36-25)27(31)21-6-5-7-22(29)18-21/h5-7,12,17-18,20,23,27H,2-4,8-11,13-16,19H2,1H3,(H,30,35)/t20-,27-/m1/s1. The molecule has 2 fully saturated rings. The Balaban J connectivity index is 1.17. The molecule has 1 aromatic carbocycles. The smallest absolute Gasteiger partial charge is 0.317 e. The molecule has 1 aromatic heterocycles. The molecular weight excluding hydrogens is 475 g/mol. The number of fused-ring (bicyclic) bond motifs is 1. The number of urea groups is 1. The lowest BCUT2D eigenvalue weighted by Crippen LogP contribution is -2.59. The second kappa shape index (κ2) is 11.3. The van der Waals surface area contributed by atoms with Crippen molar-refractivity contribution in [3.05, 3.63) is 57.5 Å². The van der Waals surface area contributed by atoms with E-state index in [9.17, 15) is 14.0 Å². The van der Waals surface area contributed by atoms with Gasteiger partial charge >= 0.3 is 6.03 Å². The van der Waals surface area contributed by atoms with Gasteiger partial charge in [-0.15, -0.1) is 11.3 Å². The van der Waals surface area contributed by atoms with Crippen molar-refractivity contribution < 1.29 is 14.0 Å². The number of rotatable bonds is 5. The zero-order chi connectivity index (χ0) is 25.1. The van der Waals surface area contributed by atoms with Crippen molar-refractivity contribution in [1.29, 1.82) is 0 Å². The Labute approximate surface area is 217 Å². The summed E-state index contributed by atoms with van der Waals surface area (Å²) in [5.41, 5.74) is 2.17. The molecule has 3 heterocycles. The second-order valence-corrected chi connectivity index (χ2v) is 11.5. The number of hydrogen-bond acceptors (Lipinski definition) is 4. The SMILES string of the molecule is C[C@@H]1CN(C(=O)CCN2CCc3sccc3[C@H]2c2cccc(F)c2)CCN1C(=O)NC1CCCCC1. The summed E-state index contributed by atoms with van der Waals surface area (Å²) in [6.45, 7) is 5.23. The summed E-state index contributed by atoms with van der Waals surface area (Å²) >= 11 is 1.76. The molecule has 5 rings (SSSR count). The number of carbonyl (C=O) groups excluding carboxylic acids is 2. The Kier molecular flexibility index (Phi) is 7.91. The first-order valence-corrected chi connectivity index (χ1v) is 14.3. The van der Waals surface area contributed by atoms with Crippen molar-refractivity contribution in [3.8, 4) is 0 Å². The molecule has 0 bridgehead atoms. The zero-order valence-corrected chi connectivity index (χ0v) is 21.9. The van der Waals surface area contributed by atoms with Crippen LogP contribution in [0, 0.1) is 5.82 Å². The Morgan fingerprint density at radius 2 is 1.94 bits per heavy atom. The van der Waals surface area contributed by atoms with Crippen LogP contribution in [-0.4, -0.2) is 71.4 Å². The van der Waals surface area contributed by atoms with Gasteiger partial charge in [0.2, 0.25) is 5.91 Å². The molecule has 0 unspecified atom stereocenters. The molecule has 2 aliphatic heterocycles. The van der Waals surface area contributed by atoms with Crippen molar-refractivity contribution in [3.63, 3.8) is 0 Å². The highest BCUT2D eigenvalue weighted by atomic mass is 32.1. The lowest BCUT2D eigenvalue weighted by Gasteiger charge is -2.41. The van der Waals surface area contributed by atoms with Crippen LogP contribution in [0.25, 0.3) is 0 Å². The van der Waals surface area contributed by atoms with Gasteiger partial charge in [0.25, 0.3) is 0 Å². The van der Waals surface area contributed by atoms with E-state index >= 15 is 0 Å². The maximum absolute atomic E-state index is 14.1. The van der Waals surface area contributed by atoms with Gasteiger partial charge in [0.1, 0.15) is 5.82 Å². The van der Waals surface area contributed by atoms with Crippen LogP contribution >= 0.6 is 11.3 Å². The van der Waals surface area contributed by atoms with Crippen molar-refractivity contribution >= 4 is 23.3 Å². The molecule has 1 saturated carbocycles. The number of halogens is 1. The van der Waals surface area contributed by atoms with Crippen LogP contribution in [0.1, 0.15) is 67.5 Å². The van der Waals surface area contributed by atoms with E-state index < -0.39 is 0 Å². The van der Waals surface area contributed by atoms with Crippen molar-refractivity contribution in [1.82, 2.24) is 20.0 Å². The van der Waals surface area contributed by atoms with E-state index in [1.54, 1.807) is 23.5 Å². The molecule has 8 heteroatoms. The summed E-state index contributed by atoms with van der Waals surface area (Å²) in [5, 5.41) is 5.32. The largest absolute Gasteiger partial charge is 0.339 e. The number of nitrogens with zero attached hydrogens (tertiary/aromatic N) is 3. The van der Waals surface area contributed by atoms with E-state index in [0.29, 0.717) is 32.6 Å². The first kappa shape index (κ1) is 25.2. The summed E-state index contributed by atoms with van der Waals surface area (Å²) in [6, 6.07) is 9.25. The van der Waals surface area contributed by atoms with Gasteiger partial charge in [0.05, 0.1) is 6.04 Å². The molecule has 6 nitrogen and oxygen atoms in total. The summed E-state index contributed by atoms with van der Waals surface area (Å²) in [4.78, 5) is 33.5. The molecule has 2 atom stereocenters. The molecular formula is C28H37FN4O2S. The lowest BCUT2D eigenvalue weighted by molar-refractivity contribution is -0.134. The van der Waals surface area contributed by atoms with Gasteiger partial charge in [0, 0.05) is 56.1 Å². The van der Waals surface area contributed by atoms with E-state index in [2.05, 4.69) is 21.7 Å². The highest BCUT2D eigenvalue weighted by Crippen LogP contribution is 2.38. The van der Waals surface area contributed by atoms with E-state index in [1.807, 2.05) is 22.8 Å². The van der Waals surface area contributed by atoms with Crippen LogP contribution in [0.5, 0.6) is 0 Å². The van der Waals surface area contributed by atoms with Gasteiger partial charge in [-0.3, -0.25) is 9.69 Å². The fourth-order valence-corrected chi connectivity index (χ4v) is 6.97.